The zero-order valence-corrected chi connectivity index (χ0v) is 21.4. The van der Waals surface area contributed by atoms with Gasteiger partial charge in [0.2, 0.25) is 0 Å². The van der Waals surface area contributed by atoms with Crippen LogP contribution in [0.25, 0.3) is 21.5 Å². The van der Waals surface area contributed by atoms with Crippen LogP contribution in [-0.2, 0) is 23.0 Å². The fourth-order valence-corrected chi connectivity index (χ4v) is 6.64. The van der Waals surface area contributed by atoms with Gasteiger partial charge in [0.1, 0.15) is 10.7 Å². The number of rotatable bonds is 8. The van der Waals surface area contributed by atoms with Crippen LogP contribution < -0.4 is 4.72 Å². The molecule has 2 heterocycles. The molecule has 5 rings (SSSR count). The molecule has 5 aromatic rings. The van der Waals surface area contributed by atoms with Crippen molar-refractivity contribution in [1.29, 1.82) is 0 Å². The van der Waals surface area contributed by atoms with Gasteiger partial charge in [0.05, 0.1) is 15.9 Å². The molecule has 182 valence electrons. The van der Waals surface area contributed by atoms with E-state index in [9.17, 15) is 13.2 Å². The molecule has 3 aromatic carbocycles. The summed E-state index contributed by atoms with van der Waals surface area (Å²) < 4.78 is 30.5. The van der Waals surface area contributed by atoms with E-state index >= 15 is 0 Å². The molecule has 8 heteroatoms. The predicted octanol–water partition coefficient (Wildman–Crippen LogP) is 5.88. The normalized spacial score (nSPS) is 11.6. The number of imidazole rings is 1. The molecule has 0 aliphatic heterocycles. The summed E-state index contributed by atoms with van der Waals surface area (Å²) >= 11 is 1.33. The Bertz CT molecular complexity index is 1620. The molecule has 0 spiro atoms. The Morgan fingerprint density at radius 1 is 0.944 bits per heavy atom. The second-order valence-corrected chi connectivity index (χ2v) is 11.0. The smallest absolute Gasteiger partial charge is 0.265 e. The molecule has 6 nitrogen and oxygen atoms in total. The number of benzene rings is 3. The number of thiophene rings is 1. The first-order chi connectivity index (χ1) is 17.5. The summed E-state index contributed by atoms with van der Waals surface area (Å²) in [4.78, 5) is 18.0. The van der Waals surface area contributed by atoms with Gasteiger partial charge in [-0.1, -0.05) is 61.5 Å². The van der Waals surface area contributed by atoms with Crippen molar-refractivity contribution in [1.82, 2.24) is 14.3 Å². The van der Waals surface area contributed by atoms with E-state index in [1.165, 1.54) is 17.4 Å². The number of para-hydroxylation sites is 2. The number of nitrogens with zero attached hydrogens (tertiary/aromatic N) is 2. The van der Waals surface area contributed by atoms with Crippen LogP contribution in [0.2, 0.25) is 0 Å². The Hall–Kier alpha value is -3.75. The Morgan fingerprint density at radius 3 is 2.42 bits per heavy atom. The van der Waals surface area contributed by atoms with Crippen molar-refractivity contribution in [2.75, 3.05) is 0 Å². The monoisotopic (exact) mass is 515 g/mol. The SMILES string of the molecule is CCCc1nc2ccccc2n1Cc1ccc(-c2sccc2S(=O)(=O)NC(=O)c2ccccc2)cc1. The minimum absolute atomic E-state index is 0.0929. The second-order valence-electron chi connectivity index (χ2n) is 8.46. The lowest BCUT2D eigenvalue weighted by molar-refractivity contribution is 0.0981. The quantitative estimate of drug-likeness (QED) is 0.280. The van der Waals surface area contributed by atoms with Gasteiger partial charge in [0, 0.05) is 18.5 Å². The molecular weight excluding hydrogens is 490 g/mol. The molecule has 36 heavy (non-hydrogen) atoms. The molecule has 0 bridgehead atoms. The van der Waals surface area contributed by atoms with Crippen molar-refractivity contribution in [3.63, 3.8) is 0 Å². The Balaban J connectivity index is 1.40. The van der Waals surface area contributed by atoms with Gasteiger partial charge in [-0.25, -0.2) is 18.1 Å². The number of hydrogen-bond acceptors (Lipinski definition) is 5. The average molecular weight is 516 g/mol. The number of hydrogen-bond donors (Lipinski definition) is 1. The van der Waals surface area contributed by atoms with E-state index in [-0.39, 0.29) is 10.5 Å². The maximum Gasteiger partial charge on any atom is 0.265 e. The number of carbonyl (C=O) groups is 1. The molecule has 1 amide bonds. The third-order valence-corrected chi connectivity index (χ3v) is 8.41. The summed E-state index contributed by atoms with van der Waals surface area (Å²) in [5.74, 6) is 0.405. The number of nitrogens with one attached hydrogen (secondary N) is 1. The third kappa shape index (κ3) is 4.82. The van der Waals surface area contributed by atoms with Crippen LogP contribution in [0.15, 0.2) is 95.2 Å². The third-order valence-electron chi connectivity index (χ3n) is 5.95. The lowest BCUT2D eigenvalue weighted by Crippen LogP contribution is -2.30. The lowest BCUT2D eigenvalue weighted by Gasteiger charge is -2.11. The highest BCUT2D eigenvalue weighted by Gasteiger charge is 2.24. The van der Waals surface area contributed by atoms with Crippen molar-refractivity contribution in [2.24, 2.45) is 0 Å². The Morgan fingerprint density at radius 2 is 1.67 bits per heavy atom. The molecule has 1 N–H and O–H groups in total. The average Bonchev–Trinajstić information content (AvgIpc) is 3.51. The standard InChI is InChI=1S/C28H25N3O3S2/c1-2-8-26-29-23-11-6-7-12-24(23)31(26)19-20-13-15-21(16-14-20)27-25(17-18-35-27)36(33,34)30-28(32)22-9-4-3-5-10-22/h3-7,9-18H,2,8,19H2,1H3,(H,30,32). The summed E-state index contributed by atoms with van der Waals surface area (Å²) in [7, 11) is -4.03. The maximum atomic E-state index is 13.0. The van der Waals surface area contributed by atoms with Crippen LogP contribution in [0, 0.1) is 0 Å². The Kier molecular flexibility index (Phi) is 6.71. The molecule has 0 atom stereocenters. The molecule has 0 aliphatic rings. The highest BCUT2D eigenvalue weighted by molar-refractivity contribution is 7.90. The van der Waals surface area contributed by atoms with Crippen LogP contribution in [0.3, 0.4) is 0 Å². The minimum atomic E-state index is -4.03. The number of fused-ring (bicyclic) bond motifs is 1. The summed E-state index contributed by atoms with van der Waals surface area (Å²) in [6, 6.07) is 25.9. The van der Waals surface area contributed by atoms with Gasteiger partial charge in [-0.15, -0.1) is 11.3 Å². The first-order valence-electron chi connectivity index (χ1n) is 11.7. The van der Waals surface area contributed by atoms with Gasteiger partial charge < -0.3 is 4.57 Å². The van der Waals surface area contributed by atoms with Crippen LogP contribution in [0.5, 0.6) is 0 Å². The van der Waals surface area contributed by atoms with Crippen molar-refractivity contribution >= 4 is 38.3 Å². The van der Waals surface area contributed by atoms with Crippen LogP contribution in [0.1, 0.15) is 35.1 Å². The molecule has 2 aromatic heterocycles. The first kappa shape index (κ1) is 24.0. The van der Waals surface area contributed by atoms with E-state index in [1.54, 1.807) is 35.7 Å². The summed E-state index contributed by atoms with van der Waals surface area (Å²) in [6.07, 6.45) is 1.91. The molecule has 0 unspecified atom stereocenters. The molecule has 0 radical (unpaired) electrons. The molecule has 0 saturated carbocycles. The summed E-state index contributed by atoms with van der Waals surface area (Å²) in [5.41, 5.74) is 4.26. The minimum Gasteiger partial charge on any atom is -0.323 e. The fourth-order valence-electron chi connectivity index (χ4n) is 4.21. The van der Waals surface area contributed by atoms with Gasteiger partial charge in [0.15, 0.2) is 0 Å². The highest BCUT2D eigenvalue weighted by Crippen LogP contribution is 2.33. The number of aromatic nitrogens is 2. The van der Waals surface area contributed by atoms with Crippen LogP contribution in [0.4, 0.5) is 0 Å². The van der Waals surface area contributed by atoms with E-state index in [0.29, 0.717) is 11.4 Å². The molecular formula is C28H25N3O3S2. The van der Waals surface area contributed by atoms with E-state index < -0.39 is 15.9 Å². The number of sulfonamides is 1. The fraction of sp³-hybridized carbons (Fsp3) is 0.143. The van der Waals surface area contributed by atoms with Crippen LogP contribution >= 0.6 is 11.3 Å². The van der Waals surface area contributed by atoms with Gasteiger partial charge in [-0.3, -0.25) is 4.79 Å². The van der Waals surface area contributed by atoms with Crippen molar-refractivity contribution in [3.05, 3.63) is 107 Å². The maximum absolute atomic E-state index is 13.0. The summed E-state index contributed by atoms with van der Waals surface area (Å²) in [5, 5.41) is 1.72. The van der Waals surface area contributed by atoms with E-state index in [2.05, 4.69) is 22.3 Å². The number of amides is 1. The van der Waals surface area contributed by atoms with Gasteiger partial charge in [-0.2, -0.15) is 0 Å². The van der Waals surface area contributed by atoms with Gasteiger partial charge in [0.25, 0.3) is 15.9 Å². The number of aryl methyl sites for hydroxylation is 1. The molecule has 0 saturated heterocycles. The first-order valence-corrected chi connectivity index (χ1v) is 14.1. The molecule has 0 fully saturated rings. The van der Waals surface area contributed by atoms with E-state index in [1.807, 2.05) is 42.5 Å². The lowest BCUT2D eigenvalue weighted by atomic mass is 10.1. The Labute approximate surface area is 214 Å². The zero-order chi connectivity index (χ0) is 25.1. The topological polar surface area (TPSA) is 81.1 Å². The predicted molar refractivity (Wildman–Crippen MR) is 144 cm³/mol. The number of carbonyl (C=O) groups excluding carboxylic acids is 1. The van der Waals surface area contributed by atoms with Crippen molar-refractivity contribution in [3.8, 4) is 10.4 Å². The zero-order valence-electron chi connectivity index (χ0n) is 19.7. The van der Waals surface area contributed by atoms with E-state index in [0.717, 1.165) is 40.8 Å². The molecule has 0 aliphatic carbocycles. The van der Waals surface area contributed by atoms with Gasteiger partial charge >= 0.3 is 0 Å². The highest BCUT2D eigenvalue weighted by atomic mass is 32.2. The van der Waals surface area contributed by atoms with Crippen molar-refractivity contribution in [2.45, 2.75) is 31.2 Å². The van der Waals surface area contributed by atoms with Gasteiger partial charge in [-0.05, 0) is 53.3 Å². The van der Waals surface area contributed by atoms with Crippen molar-refractivity contribution < 1.29 is 13.2 Å². The second kappa shape index (κ2) is 10.1. The van der Waals surface area contributed by atoms with Crippen LogP contribution in [-0.4, -0.2) is 23.9 Å². The van der Waals surface area contributed by atoms with E-state index in [4.69, 9.17) is 4.98 Å². The summed E-state index contributed by atoms with van der Waals surface area (Å²) in [6.45, 7) is 2.83. The largest absolute Gasteiger partial charge is 0.323 e.